The average Bonchev–Trinajstić information content (AvgIpc) is 2.89. The maximum atomic E-state index is 11.2. The minimum absolute atomic E-state index is 0.0603. The monoisotopic (exact) mass is 327 g/mol. The summed E-state index contributed by atoms with van der Waals surface area (Å²) in [5.41, 5.74) is 0.309. The Morgan fingerprint density at radius 2 is 2.10 bits per heavy atom. The third-order valence-electron chi connectivity index (χ3n) is 2.84. The normalized spacial score (nSPS) is 13.0. The Bertz CT molecular complexity index is 691. The average molecular weight is 328 g/mol. The van der Waals surface area contributed by atoms with Gasteiger partial charge in [0.1, 0.15) is 18.9 Å². The van der Waals surface area contributed by atoms with Gasteiger partial charge in [0, 0.05) is 17.1 Å². The molecule has 0 spiro atoms. The summed E-state index contributed by atoms with van der Waals surface area (Å²) in [5.74, 6) is 0.885. The molecule has 1 aromatic carbocycles. The molecule has 0 unspecified atom stereocenters. The van der Waals surface area contributed by atoms with Gasteiger partial charge in [-0.2, -0.15) is 0 Å². The van der Waals surface area contributed by atoms with Crippen LogP contribution in [-0.4, -0.2) is 23.1 Å². The van der Waals surface area contributed by atoms with Gasteiger partial charge in [0.05, 0.1) is 17.5 Å². The zero-order valence-corrected chi connectivity index (χ0v) is 12.2. The summed E-state index contributed by atoms with van der Waals surface area (Å²) >= 11 is 7.07. The lowest BCUT2D eigenvalue weighted by atomic mass is 10.2. The Balaban J connectivity index is 1.87. The van der Waals surface area contributed by atoms with Crippen molar-refractivity contribution in [3.05, 3.63) is 37.8 Å². The summed E-state index contributed by atoms with van der Waals surface area (Å²) in [6.45, 7) is 1.20. The fraction of sp³-hybridized carbons (Fsp3) is 0.250. The van der Waals surface area contributed by atoms with E-state index in [9.17, 15) is 10.1 Å². The Labute approximate surface area is 128 Å². The molecule has 1 aliphatic heterocycles. The largest absolute Gasteiger partial charge is 0.486 e. The molecule has 0 amide bonds. The number of nitro benzene ring substituents is 1. The van der Waals surface area contributed by atoms with Crippen molar-refractivity contribution < 1.29 is 14.4 Å². The minimum Gasteiger partial charge on any atom is -0.486 e. The van der Waals surface area contributed by atoms with Crippen molar-refractivity contribution >= 4 is 34.3 Å². The number of aromatic nitrogens is 1. The van der Waals surface area contributed by atoms with Gasteiger partial charge >= 0.3 is 0 Å². The summed E-state index contributed by atoms with van der Waals surface area (Å²) in [5, 5.41) is 14.2. The number of hydrogen-bond acceptors (Lipinski definition) is 7. The van der Waals surface area contributed by atoms with Crippen LogP contribution >= 0.6 is 22.9 Å². The highest BCUT2D eigenvalue weighted by molar-refractivity contribution is 7.15. The number of hydrogen-bond donors (Lipinski definition) is 1. The number of ether oxygens (including phenoxy) is 2. The lowest BCUT2D eigenvalue weighted by molar-refractivity contribution is -0.384. The van der Waals surface area contributed by atoms with Crippen molar-refractivity contribution in [2.24, 2.45) is 0 Å². The van der Waals surface area contributed by atoms with Crippen molar-refractivity contribution in [1.29, 1.82) is 0 Å². The SMILES string of the molecule is O=[N+]([O-])c1cc2c(cc1NCc1cnc(Cl)s1)OCCO2. The van der Waals surface area contributed by atoms with Gasteiger partial charge < -0.3 is 14.8 Å². The van der Waals surface area contributed by atoms with E-state index in [-0.39, 0.29) is 5.69 Å². The molecule has 7 nitrogen and oxygen atoms in total. The minimum atomic E-state index is -0.458. The maximum absolute atomic E-state index is 11.2. The predicted molar refractivity (Wildman–Crippen MR) is 78.5 cm³/mol. The van der Waals surface area contributed by atoms with Gasteiger partial charge in [-0.3, -0.25) is 10.1 Å². The topological polar surface area (TPSA) is 86.5 Å². The van der Waals surface area contributed by atoms with Crippen LogP contribution in [0.5, 0.6) is 11.5 Å². The Morgan fingerprint density at radius 1 is 1.38 bits per heavy atom. The summed E-state index contributed by atoms with van der Waals surface area (Å²) in [6, 6.07) is 2.95. The number of anilines is 1. The van der Waals surface area contributed by atoms with Gasteiger partial charge in [-0.1, -0.05) is 11.6 Å². The van der Waals surface area contributed by atoms with Crippen LogP contribution in [0.1, 0.15) is 4.88 Å². The first-order valence-corrected chi connectivity index (χ1v) is 7.25. The van der Waals surface area contributed by atoms with Crippen LogP contribution in [0.3, 0.4) is 0 Å². The molecule has 1 aromatic heterocycles. The second-order valence-corrected chi connectivity index (χ2v) is 5.90. The molecule has 0 bridgehead atoms. The fourth-order valence-corrected chi connectivity index (χ4v) is 2.84. The quantitative estimate of drug-likeness (QED) is 0.686. The first kappa shape index (κ1) is 13.9. The fourth-order valence-electron chi connectivity index (χ4n) is 1.92. The molecule has 2 heterocycles. The van der Waals surface area contributed by atoms with Gasteiger partial charge in [-0.25, -0.2) is 4.98 Å². The number of thiazole rings is 1. The third-order valence-corrected chi connectivity index (χ3v) is 3.95. The zero-order valence-electron chi connectivity index (χ0n) is 10.7. The molecule has 2 aromatic rings. The number of nitrogens with zero attached hydrogens (tertiary/aromatic N) is 2. The molecule has 0 fully saturated rings. The van der Waals surface area contributed by atoms with Crippen LogP contribution in [0.15, 0.2) is 18.3 Å². The van der Waals surface area contributed by atoms with E-state index in [1.54, 1.807) is 12.3 Å². The smallest absolute Gasteiger partial charge is 0.296 e. The van der Waals surface area contributed by atoms with Crippen LogP contribution in [0.2, 0.25) is 4.47 Å². The van der Waals surface area contributed by atoms with E-state index in [1.807, 2.05) is 0 Å². The van der Waals surface area contributed by atoms with Crippen LogP contribution < -0.4 is 14.8 Å². The maximum Gasteiger partial charge on any atom is 0.296 e. The highest BCUT2D eigenvalue weighted by atomic mass is 35.5. The van der Waals surface area contributed by atoms with Crippen molar-refractivity contribution in [1.82, 2.24) is 4.98 Å². The summed E-state index contributed by atoms with van der Waals surface area (Å²) in [6.07, 6.45) is 1.63. The van der Waals surface area contributed by atoms with Gasteiger partial charge in [-0.05, 0) is 0 Å². The highest BCUT2D eigenvalue weighted by Gasteiger charge is 2.22. The van der Waals surface area contributed by atoms with Crippen LogP contribution in [-0.2, 0) is 6.54 Å². The molecule has 0 saturated heterocycles. The molecule has 0 aliphatic carbocycles. The van der Waals surface area contributed by atoms with Crippen LogP contribution in [0.4, 0.5) is 11.4 Å². The predicted octanol–water partition coefficient (Wildman–Crippen LogP) is 3.09. The van der Waals surface area contributed by atoms with Gasteiger partial charge in [0.25, 0.3) is 5.69 Å². The van der Waals surface area contributed by atoms with E-state index in [0.717, 1.165) is 4.88 Å². The van der Waals surface area contributed by atoms with Crippen molar-refractivity contribution in [2.75, 3.05) is 18.5 Å². The van der Waals surface area contributed by atoms with Gasteiger partial charge in [0.15, 0.2) is 16.0 Å². The molecule has 1 N–H and O–H groups in total. The molecule has 9 heteroatoms. The number of benzene rings is 1. The second-order valence-electron chi connectivity index (χ2n) is 4.20. The van der Waals surface area contributed by atoms with Crippen LogP contribution in [0, 0.1) is 10.1 Å². The van der Waals surface area contributed by atoms with E-state index < -0.39 is 4.92 Å². The molecule has 21 heavy (non-hydrogen) atoms. The second kappa shape index (κ2) is 5.74. The molecule has 0 atom stereocenters. The van der Waals surface area contributed by atoms with Gasteiger partial charge in [-0.15, -0.1) is 11.3 Å². The van der Waals surface area contributed by atoms with Crippen molar-refractivity contribution in [2.45, 2.75) is 6.54 Å². The van der Waals surface area contributed by atoms with Crippen molar-refractivity contribution in [3.8, 4) is 11.5 Å². The summed E-state index contributed by atoms with van der Waals surface area (Å²) in [4.78, 5) is 15.5. The van der Waals surface area contributed by atoms with E-state index >= 15 is 0 Å². The molecule has 0 radical (unpaired) electrons. The summed E-state index contributed by atoms with van der Waals surface area (Å²) < 4.78 is 11.2. The lowest BCUT2D eigenvalue weighted by Crippen LogP contribution is -2.16. The molecular weight excluding hydrogens is 318 g/mol. The Kier molecular flexibility index (Phi) is 3.80. The van der Waals surface area contributed by atoms with E-state index in [2.05, 4.69) is 10.3 Å². The molecule has 3 rings (SSSR count). The molecule has 110 valence electrons. The number of halogens is 1. The Morgan fingerprint density at radius 3 is 2.71 bits per heavy atom. The number of nitro groups is 1. The number of rotatable bonds is 4. The standard InChI is InChI=1S/C12H10ClN3O4S/c13-12-15-6-7(21-12)5-14-8-3-10-11(20-2-1-19-10)4-9(8)16(17)18/h3-4,6,14H,1-2,5H2. The molecule has 1 aliphatic rings. The van der Waals surface area contributed by atoms with Crippen LogP contribution in [0.25, 0.3) is 0 Å². The number of fused-ring (bicyclic) bond motifs is 1. The van der Waals surface area contributed by atoms with Gasteiger partial charge in [0.2, 0.25) is 0 Å². The van der Waals surface area contributed by atoms with E-state index in [0.29, 0.717) is 41.4 Å². The summed E-state index contributed by atoms with van der Waals surface area (Å²) in [7, 11) is 0. The lowest BCUT2D eigenvalue weighted by Gasteiger charge is -2.19. The highest BCUT2D eigenvalue weighted by Crippen LogP contribution is 2.39. The third kappa shape index (κ3) is 3.01. The zero-order chi connectivity index (χ0) is 14.8. The van der Waals surface area contributed by atoms with E-state index in [1.165, 1.54) is 17.4 Å². The first-order valence-electron chi connectivity index (χ1n) is 6.05. The molecule has 0 saturated carbocycles. The van der Waals surface area contributed by atoms with E-state index in [4.69, 9.17) is 21.1 Å². The Hall–Kier alpha value is -2.06. The first-order chi connectivity index (χ1) is 10.1. The van der Waals surface area contributed by atoms with Crippen molar-refractivity contribution in [3.63, 3.8) is 0 Å². The number of nitrogens with one attached hydrogen (secondary N) is 1. The molecular formula is C12H10ClN3O4S.